The number of rotatable bonds is 4. The molecule has 0 bridgehead atoms. The first-order valence-corrected chi connectivity index (χ1v) is 5.62. The Morgan fingerprint density at radius 3 is 2.83 bits per heavy atom. The number of nitrogens with zero attached hydrogens (tertiary/aromatic N) is 1. The molecule has 1 amide bonds. The van der Waals surface area contributed by atoms with Crippen LogP contribution in [0.25, 0.3) is 10.9 Å². The average Bonchev–Trinajstić information content (AvgIpc) is 2.81. The molecule has 94 valence electrons. The summed E-state index contributed by atoms with van der Waals surface area (Å²) in [5.41, 5.74) is 1.45. The standard InChI is InChI=1S/C13H14N2O3/c1-15(7-5-12(16)17)13(18)10-3-2-9-4-6-14-11(9)8-10/h2-4,6,8,14H,5,7H2,1H3,(H,16,17). The second-order valence-electron chi connectivity index (χ2n) is 4.15. The number of amides is 1. The van der Waals surface area contributed by atoms with Gasteiger partial charge in [0.05, 0.1) is 6.42 Å². The highest BCUT2D eigenvalue weighted by molar-refractivity contribution is 5.97. The topological polar surface area (TPSA) is 73.4 Å². The maximum Gasteiger partial charge on any atom is 0.305 e. The first-order chi connectivity index (χ1) is 8.58. The Labute approximate surface area is 104 Å². The monoisotopic (exact) mass is 246 g/mol. The number of aliphatic carboxylic acids is 1. The molecule has 0 radical (unpaired) electrons. The van der Waals surface area contributed by atoms with Gasteiger partial charge in [-0.15, -0.1) is 0 Å². The van der Waals surface area contributed by atoms with Crippen LogP contribution in [0.1, 0.15) is 16.8 Å². The van der Waals surface area contributed by atoms with E-state index in [2.05, 4.69) is 4.98 Å². The number of hydrogen-bond acceptors (Lipinski definition) is 2. The van der Waals surface area contributed by atoms with Crippen LogP contribution in [0.3, 0.4) is 0 Å². The van der Waals surface area contributed by atoms with E-state index in [0.717, 1.165) is 10.9 Å². The SMILES string of the molecule is CN(CCC(=O)O)C(=O)c1ccc2cc[nH]c2c1. The quantitative estimate of drug-likeness (QED) is 0.862. The number of carboxylic acid groups (broad SMARTS) is 1. The van der Waals surface area contributed by atoms with Crippen LogP contribution in [0, 0.1) is 0 Å². The zero-order valence-electron chi connectivity index (χ0n) is 10.0. The molecule has 0 saturated heterocycles. The fourth-order valence-corrected chi connectivity index (χ4v) is 1.77. The summed E-state index contributed by atoms with van der Waals surface area (Å²) in [6, 6.07) is 7.31. The summed E-state index contributed by atoms with van der Waals surface area (Å²) in [4.78, 5) is 27.0. The molecule has 18 heavy (non-hydrogen) atoms. The van der Waals surface area contributed by atoms with Crippen molar-refractivity contribution >= 4 is 22.8 Å². The van der Waals surface area contributed by atoms with Gasteiger partial charge in [0.2, 0.25) is 0 Å². The third kappa shape index (κ3) is 2.51. The third-order valence-corrected chi connectivity index (χ3v) is 2.81. The van der Waals surface area contributed by atoms with Crippen LogP contribution in [0.4, 0.5) is 0 Å². The summed E-state index contributed by atoms with van der Waals surface area (Å²) < 4.78 is 0. The maximum atomic E-state index is 12.0. The van der Waals surface area contributed by atoms with E-state index in [1.54, 1.807) is 19.2 Å². The van der Waals surface area contributed by atoms with Gasteiger partial charge in [-0.2, -0.15) is 0 Å². The van der Waals surface area contributed by atoms with E-state index in [1.165, 1.54) is 4.90 Å². The Bertz CT molecular complexity index is 589. The van der Waals surface area contributed by atoms with Crippen LogP contribution in [-0.4, -0.2) is 40.5 Å². The number of aromatic nitrogens is 1. The van der Waals surface area contributed by atoms with E-state index in [0.29, 0.717) is 5.56 Å². The maximum absolute atomic E-state index is 12.0. The lowest BCUT2D eigenvalue weighted by atomic mass is 10.1. The van der Waals surface area contributed by atoms with Crippen molar-refractivity contribution in [1.82, 2.24) is 9.88 Å². The second-order valence-corrected chi connectivity index (χ2v) is 4.15. The Balaban J connectivity index is 2.14. The number of carbonyl (C=O) groups is 2. The molecule has 1 aromatic heterocycles. The van der Waals surface area contributed by atoms with Crippen LogP contribution in [-0.2, 0) is 4.79 Å². The van der Waals surface area contributed by atoms with Gasteiger partial charge < -0.3 is 15.0 Å². The van der Waals surface area contributed by atoms with Crippen molar-refractivity contribution in [2.75, 3.05) is 13.6 Å². The van der Waals surface area contributed by atoms with E-state index >= 15 is 0 Å². The molecule has 0 spiro atoms. The summed E-state index contributed by atoms with van der Waals surface area (Å²) in [6.07, 6.45) is 1.76. The number of hydrogen-bond donors (Lipinski definition) is 2. The summed E-state index contributed by atoms with van der Waals surface area (Å²) >= 11 is 0. The first kappa shape index (κ1) is 12.2. The Morgan fingerprint density at radius 1 is 1.33 bits per heavy atom. The number of carbonyl (C=O) groups excluding carboxylic acids is 1. The molecule has 0 fully saturated rings. The Kier molecular flexibility index (Phi) is 3.32. The van der Waals surface area contributed by atoms with Crippen molar-refractivity contribution in [3.63, 3.8) is 0 Å². The van der Waals surface area contributed by atoms with Crippen LogP contribution in [0.5, 0.6) is 0 Å². The predicted molar refractivity (Wildman–Crippen MR) is 67.5 cm³/mol. The van der Waals surface area contributed by atoms with Crippen molar-refractivity contribution in [3.05, 3.63) is 36.0 Å². The lowest BCUT2D eigenvalue weighted by molar-refractivity contribution is -0.137. The Hall–Kier alpha value is -2.30. The molecule has 2 aromatic rings. The summed E-state index contributed by atoms with van der Waals surface area (Å²) in [5, 5.41) is 9.63. The summed E-state index contributed by atoms with van der Waals surface area (Å²) in [6.45, 7) is 0.205. The molecule has 1 aromatic carbocycles. The van der Waals surface area contributed by atoms with Crippen molar-refractivity contribution in [2.45, 2.75) is 6.42 Å². The number of fused-ring (bicyclic) bond motifs is 1. The number of nitrogens with one attached hydrogen (secondary N) is 1. The van der Waals surface area contributed by atoms with Crippen LogP contribution >= 0.6 is 0 Å². The smallest absolute Gasteiger partial charge is 0.305 e. The highest BCUT2D eigenvalue weighted by atomic mass is 16.4. The Morgan fingerprint density at radius 2 is 2.11 bits per heavy atom. The molecular formula is C13H14N2O3. The highest BCUT2D eigenvalue weighted by Gasteiger charge is 2.13. The number of aromatic amines is 1. The van der Waals surface area contributed by atoms with Gasteiger partial charge in [0, 0.05) is 30.9 Å². The molecule has 5 nitrogen and oxygen atoms in total. The van der Waals surface area contributed by atoms with Gasteiger partial charge in [0.1, 0.15) is 0 Å². The highest BCUT2D eigenvalue weighted by Crippen LogP contribution is 2.15. The van der Waals surface area contributed by atoms with Gasteiger partial charge in [-0.25, -0.2) is 0 Å². The molecule has 0 aliphatic heterocycles. The third-order valence-electron chi connectivity index (χ3n) is 2.81. The van der Waals surface area contributed by atoms with Gasteiger partial charge >= 0.3 is 5.97 Å². The van der Waals surface area contributed by atoms with Crippen molar-refractivity contribution in [1.29, 1.82) is 0 Å². The fraction of sp³-hybridized carbons (Fsp3) is 0.231. The van der Waals surface area contributed by atoms with E-state index < -0.39 is 5.97 Å². The minimum absolute atomic E-state index is 0.0486. The normalized spacial score (nSPS) is 10.5. The largest absolute Gasteiger partial charge is 0.481 e. The predicted octanol–water partition coefficient (Wildman–Crippen LogP) is 1.71. The first-order valence-electron chi connectivity index (χ1n) is 5.62. The number of benzene rings is 1. The van der Waals surface area contributed by atoms with Gasteiger partial charge in [-0.3, -0.25) is 9.59 Å². The lowest BCUT2D eigenvalue weighted by Crippen LogP contribution is -2.28. The number of carboxylic acids is 1. The molecule has 0 atom stereocenters. The van der Waals surface area contributed by atoms with Crippen molar-refractivity contribution in [2.24, 2.45) is 0 Å². The molecule has 0 aliphatic carbocycles. The van der Waals surface area contributed by atoms with Crippen LogP contribution in [0.2, 0.25) is 0 Å². The number of H-pyrrole nitrogens is 1. The summed E-state index contributed by atoms with van der Waals surface area (Å²) in [5.74, 6) is -1.08. The van der Waals surface area contributed by atoms with Crippen LogP contribution < -0.4 is 0 Å². The fourth-order valence-electron chi connectivity index (χ4n) is 1.77. The minimum Gasteiger partial charge on any atom is -0.481 e. The molecule has 0 saturated carbocycles. The van der Waals surface area contributed by atoms with E-state index in [1.807, 2.05) is 18.3 Å². The van der Waals surface area contributed by atoms with Crippen molar-refractivity contribution < 1.29 is 14.7 Å². The zero-order chi connectivity index (χ0) is 13.1. The van der Waals surface area contributed by atoms with Gasteiger partial charge in [-0.05, 0) is 23.6 Å². The zero-order valence-corrected chi connectivity index (χ0v) is 10.0. The van der Waals surface area contributed by atoms with Crippen molar-refractivity contribution in [3.8, 4) is 0 Å². The molecule has 2 rings (SSSR count). The lowest BCUT2D eigenvalue weighted by Gasteiger charge is -2.15. The molecule has 2 N–H and O–H groups in total. The van der Waals surface area contributed by atoms with E-state index in [4.69, 9.17) is 5.11 Å². The summed E-state index contributed by atoms with van der Waals surface area (Å²) in [7, 11) is 1.60. The molecule has 0 aliphatic rings. The minimum atomic E-state index is -0.908. The average molecular weight is 246 g/mol. The van der Waals surface area contributed by atoms with E-state index in [-0.39, 0.29) is 18.9 Å². The van der Waals surface area contributed by atoms with E-state index in [9.17, 15) is 9.59 Å². The molecule has 0 unspecified atom stereocenters. The van der Waals surface area contributed by atoms with Gasteiger partial charge in [-0.1, -0.05) is 6.07 Å². The molecule has 5 heteroatoms. The second kappa shape index (κ2) is 4.91. The van der Waals surface area contributed by atoms with Gasteiger partial charge in [0.15, 0.2) is 0 Å². The molecular weight excluding hydrogens is 232 g/mol. The van der Waals surface area contributed by atoms with Gasteiger partial charge in [0.25, 0.3) is 5.91 Å². The van der Waals surface area contributed by atoms with Crippen LogP contribution in [0.15, 0.2) is 30.5 Å². The molecule has 1 heterocycles.